The summed E-state index contributed by atoms with van der Waals surface area (Å²) in [5.74, 6) is 0.280. The molecule has 5 rings (SSSR count). The lowest BCUT2D eigenvalue weighted by molar-refractivity contribution is -0.0514. The summed E-state index contributed by atoms with van der Waals surface area (Å²) < 4.78 is 15.1. The zero-order chi connectivity index (χ0) is 28.5. The van der Waals surface area contributed by atoms with Crippen LogP contribution in [0.5, 0.6) is 0 Å². The van der Waals surface area contributed by atoms with E-state index in [4.69, 9.17) is 14.1 Å². The average molecular weight is 657 g/mol. The van der Waals surface area contributed by atoms with Gasteiger partial charge in [0.1, 0.15) is 11.7 Å². The van der Waals surface area contributed by atoms with Crippen molar-refractivity contribution in [2.45, 2.75) is 126 Å². The Morgan fingerprint density at radius 3 is 2.36 bits per heavy atom. The van der Waals surface area contributed by atoms with Crippen molar-refractivity contribution < 1.29 is 9.16 Å². The minimum absolute atomic E-state index is 0.0245. The van der Waals surface area contributed by atoms with Crippen LogP contribution in [0, 0.1) is 16.7 Å². The molecule has 0 bridgehead atoms. The van der Waals surface area contributed by atoms with Gasteiger partial charge in [-0.15, -0.1) is 0 Å². The highest BCUT2D eigenvalue weighted by molar-refractivity contribution is 14.1. The molecule has 0 radical (unpaired) electrons. The van der Waals surface area contributed by atoms with Gasteiger partial charge < -0.3 is 9.16 Å². The monoisotopic (exact) mass is 656 g/mol. The standard InChI is InChI=1S/C33H45IN2O2Si/c1-20(2)29-27-28(26-23(36-29)17-32(6,7)18-24(26)38-39(8,9)31(3,4)5)33(16-10-11-25(33)34)37-30(27)22-14-12-21(19-35)13-15-22/h12-15,20,24-25,30H,10-11,16-18H2,1-9H3/t24?,25?,30-,33?/m1/s1. The number of ether oxygens (including phenoxy) is 1. The fourth-order valence-corrected chi connectivity index (χ4v) is 9.21. The van der Waals surface area contributed by atoms with Crippen LogP contribution in [-0.4, -0.2) is 17.2 Å². The molecule has 39 heavy (non-hydrogen) atoms. The first kappa shape index (κ1) is 29.2. The summed E-state index contributed by atoms with van der Waals surface area (Å²) in [6, 6.07) is 10.3. The number of benzene rings is 1. The number of hydrogen-bond donors (Lipinski definition) is 0. The van der Waals surface area contributed by atoms with Crippen LogP contribution in [0.4, 0.5) is 0 Å². The molecule has 0 N–H and O–H groups in total. The Morgan fingerprint density at radius 2 is 1.82 bits per heavy atom. The van der Waals surface area contributed by atoms with Crippen LogP contribution in [-0.2, 0) is 21.2 Å². The number of nitriles is 1. The highest BCUT2D eigenvalue weighted by Crippen LogP contribution is 2.62. The Balaban J connectivity index is 1.80. The molecule has 0 amide bonds. The van der Waals surface area contributed by atoms with Crippen LogP contribution in [0.15, 0.2) is 24.3 Å². The first-order chi connectivity index (χ1) is 18.1. The van der Waals surface area contributed by atoms with E-state index < -0.39 is 8.32 Å². The third kappa shape index (κ3) is 4.94. The van der Waals surface area contributed by atoms with Gasteiger partial charge in [0.2, 0.25) is 0 Å². The summed E-state index contributed by atoms with van der Waals surface area (Å²) in [6.45, 7) is 21.1. The predicted octanol–water partition coefficient (Wildman–Crippen LogP) is 9.41. The molecule has 2 heterocycles. The molecule has 1 saturated carbocycles. The molecule has 6 heteroatoms. The van der Waals surface area contributed by atoms with Crippen LogP contribution >= 0.6 is 22.6 Å². The van der Waals surface area contributed by atoms with Crippen molar-refractivity contribution in [3.63, 3.8) is 0 Å². The molecule has 2 aromatic rings. The maximum atomic E-state index is 9.42. The van der Waals surface area contributed by atoms with E-state index in [9.17, 15) is 5.26 Å². The fraction of sp³-hybridized carbons (Fsp3) is 0.636. The van der Waals surface area contributed by atoms with E-state index in [0.717, 1.165) is 31.2 Å². The highest BCUT2D eigenvalue weighted by atomic mass is 127. The summed E-state index contributed by atoms with van der Waals surface area (Å²) >= 11 is 2.66. The van der Waals surface area contributed by atoms with Crippen molar-refractivity contribution in [3.8, 4) is 6.07 Å². The number of hydrogen-bond acceptors (Lipinski definition) is 4. The van der Waals surface area contributed by atoms with E-state index in [1.54, 1.807) is 0 Å². The number of fused-ring (bicyclic) bond motifs is 4. The topological polar surface area (TPSA) is 55.1 Å². The average Bonchev–Trinajstić information content (AvgIpc) is 3.37. The molecule has 3 aliphatic rings. The van der Waals surface area contributed by atoms with Gasteiger partial charge in [-0.25, -0.2) is 0 Å². The Hall–Kier alpha value is -1.27. The van der Waals surface area contributed by atoms with E-state index in [1.165, 1.54) is 34.5 Å². The maximum absolute atomic E-state index is 9.42. The van der Waals surface area contributed by atoms with Crippen molar-refractivity contribution in [2.75, 3.05) is 0 Å². The zero-order valence-electron chi connectivity index (χ0n) is 25.2. The highest BCUT2D eigenvalue weighted by Gasteiger charge is 2.57. The number of nitrogens with zero attached hydrogens (tertiary/aromatic N) is 2. The molecule has 2 aliphatic carbocycles. The first-order valence-electron chi connectivity index (χ1n) is 14.7. The van der Waals surface area contributed by atoms with Crippen LogP contribution in [0.2, 0.25) is 18.1 Å². The first-order valence-corrected chi connectivity index (χ1v) is 18.8. The second-order valence-corrected chi connectivity index (χ2v) is 21.0. The van der Waals surface area contributed by atoms with Gasteiger partial charge >= 0.3 is 0 Å². The van der Waals surface area contributed by atoms with Crippen molar-refractivity contribution in [2.24, 2.45) is 5.41 Å². The molecule has 1 aliphatic heterocycles. The zero-order valence-corrected chi connectivity index (χ0v) is 28.4. The van der Waals surface area contributed by atoms with Gasteiger partial charge in [0.05, 0.1) is 17.7 Å². The van der Waals surface area contributed by atoms with E-state index in [-0.39, 0.29) is 34.2 Å². The molecule has 1 spiro atoms. The molecule has 1 fully saturated rings. The molecule has 210 valence electrons. The van der Waals surface area contributed by atoms with Crippen molar-refractivity contribution in [1.82, 2.24) is 4.98 Å². The van der Waals surface area contributed by atoms with E-state index in [2.05, 4.69) is 102 Å². The fourth-order valence-electron chi connectivity index (χ4n) is 6.73. The van der Waals surface area contributed by atoms with Gasteiger partial charge in [0.15, 0.2) is 8.32 Å². The lowest BCUT2D eigenvalue weighted by atomic mass is 9.70. The Kier molecular flexibility index (Phi) is 7.44. The van der Waals surface area contributed by atoms with Crippen LogP contribution in [0.1, 0.15) is 131 Å². The third-order valence-electron chi connectivity index (χ3n) is 9.74. The number of alkyl halides is 1. The maximum Gasteiger partial charge on any atom is 0.192 e. The molecule has 3 unspecified atom stereocenters. The van der Waals surface area contributed by atoms with E-state index >= 15 is 0 Å². The second-order valence-electron chi connectivity index (χ2n) is 14.7. The van der Waals surface area contributed by atoms with Crippen molar-refractivity contribution >= 4 is 30.9 Å². The summed E-state index contributed by atoms with van der Waals surface area (Å²) in [5, 5.41) is 9.55. The molecule has 1 aromatic heterocycles. The minimum Gasteiger partial charge on any atom is -0.410 e. The quantitative estimate of drug-likeness (QED) is 0.187. The Labute approximate surface area is 250 Å². The normalized spacial score (nSPS) is 28.0. The summed E-state index contributed by atoms with van der Waals surface area (Å²) in [6.07, 6.45) is 5.18. The second kappa shape index (κ2) is 9.92. The van der Waals surface area contributed by atoms with E-state index in [0.29, 0.717) is 9.49 Å². The lowest BCUT2D eigenvalue weighted by Gasteiger charge is -2.45. The number of pyridine rings is 1. The van der Waals surface area contributed by atoms with Gasteiger partial charge in [-0.05, 0) is 79.3 Å². The summed E-state index contributed by atoms with van der Waals surface area (Å²) in [5.41, 5.74) is 8.02. The molecule has 0 saturated heterocycles. The van der Waals surface area contributed by atoms with Crippen molar-refractivity contribution in [3.05, 3.63) is 63.5 Å². The van der Waals surface area contributed by atoms with Gasteiger partial charge in [-0.2, -0.15) is 5.26 Å². The summed E-state index contributed by atoms with van der Waals surface area (Å²) in [7, 11) is -2.05. The Morgan fingerprint density at radius 1 is 1.15 bits per heavy atom. The summed E-state index contributed by atoms with van der Waals surface area (Å²) in [4.78, 5) is 5.51. The van der Waals surface area contributed by atoms with Gasteiger partial charge in [0.25, 0.3) is 0 Å². The van der Waals surface area contributed by atoms with Crippen molar-refractivity contribution in [1.29, 1.82) is 5.26 Å². The molecule has 4 atom stereocenters. The lowest BCUT2D eigenvalue weighted by Crippen LogP contribution is -2.44. The number of halogens is 1. The van der Waals surface area contributed by atoms with Gasteiger partial charge in [-0.3, -0.25) is 4.98 Å². The molecule has 1 aromatic carbocycles. The van der Waals surface area contributed by atoms with E-state index in [1.807, 2.05) is 12.1 Å². The largest absolute Gasteiger partial charge is 0.410 e. The SMILES string of the molecule is CC(C)c1nc2c(c3c1[C@@H](c1ccc(C#N)cc1)OC31CCCC1I)C(O[Si](C)(C)C(C)(C)C)CC(C)(C)C2. The molecular weight excluding hydrogens is 611 g/mol. The number of rotatable bonds is 4. The molecule has 4 nitrogen and oxygen atoms in total. The third-order valence-corrected chi connectivity index (χ3v) is 15.9. The van der Waals surface area contributed by atoms with Gasteiger partial charge in [0, 0.05) is 32.0 Å². The smallest absolute Gasteiger partial charge is 0.192 e. The molecular formula is C33H45IN2O2Si. The van der Waals surface area contributed by atoms with Crippen LogP contribution in [0.3, 0.4) is 0 Å². The number of aromatic nitrogens is 1. The predicted molar refractivity (Wildman–Crippen MR) is 169 cm³/mol. The van der Waals surface area contributed by atoms with Crippen LogP contribution in [0.25, 0.3) is 0 Å². The Bertz CT molecular complexity index is 1300. The minimum atomic E-state index is -2.05. The van der Waals surface area contributed by atoms with Crippen LogP contribution < -0.4 is 0 Å². The van der Waals surface area contributed by atoms with Gasteiger partial charge in [-0.1, -0.05) is 83.2 Å².